The predicted molar refractivity (Wildman–Crippen MR) is 144 cm³/mol. The van der Waals surface area contributed by atoms with E-state index in [1.165, 1.54) is 19.3 Å². The van der Waals surface area contributed by atoms with Crippen LogP contribution in [0.15, 0.2) is 47.3 Å². The Hall–Kier alpha value is -3.72. The number of tetrazole rings is 1. The van der Waals surface area contributed by atoms with Crippen LogP contribution in [-0.2, 0) is 13.1 Å². The van der Waals surface area contributed by atoms with Crippen molar-refractivity contribution in [2.45, 2.75) is 77.5 Å². The van der Waals surface area contributed by atoms with Gasteiger partial charge < -0.3 is 14.5 Å². The SMILES string of the molecule is CC[C@@H](c1nnnn1C1CCCCC1)N(Cc1ccc2c(c1)OCO2)Cc1cc2ccc(C)cc2[nH]c1=O. The third-order valence-electron chi connectivity index (χ3n) is 7.84. The molecule has 0 unspecified atom stereocenters. The van der Waals surface area contributed by atoms with Gasteiger partial charge in [0.25, 0.3) is 5.56 Å². The lowest BCUT2D eigenvalue weighted by atomic mass is 9.95. The summed E-state index contributed by atoms with van der Waals surface area (Å²) in [6.07, 6.45) is 6.68. The highest BCUT2D eigenvalue weighted by molar-refractivity contribution is 5.79. The van der Waals surface area contributed by atoms with Crippen molar-refractivity contribution in [3.05, 3.63) is 75.3 Å². The van der Waals surface area contributed by atoms with E-state index < -0.39 is 0 Å². The molecule has 1 atom stereocenters. The molecule has 9 heteroatoms. The minimum Gasteiger partial charge on any atom is -0.454 e. The third kappa shape index (κ3) is 4.90. The van der Waals surface area contributed by atoms with Crippen LogP contribution in [0.4, 0.5) is 0 Å². The lowest BCUT2D eigenvalue weighted by Crippen LogP contribution is -2.33. The van der Waals surface area contributed by atoms with Crippen LogP contribution >= 0.6 is 0 Å². The van der Waals surface area contributed by atoms with Crippen LogP contribution < -0.4 is 15.0 Å². The van der Waals surface area contributed by atoms with E-state index in [4.69, 9.17) is 9.47 Å². The van der Waals surface area contributed by atoms with E-state index >= 15 is 0 Å². The molecule has 0 bridgehead atoms. The van der Waals surface area contributed by atoms with Gasteiger partial charge in [-0.15, -0.1) is 5.10 Å². The number of ether oxygens (including phenoxy) is 2. The second-order valence-corrected chi connectivity index (χ2v) is 10.5. The molecule has 1 fully saturated rings. The normalized spacial score (nSPS) is 16.4. The molecule has 0 saturated heterocycles. The molecule has 2 aliphatic rings. The fraction of sp³-hybridized carbons (Fsp3) is 0.448. The Morgan fingerprint density at radius 1 is 1.05 bits per heavy atom. The van der Waals surface area contributed by atoms with Crippen molar-refractivity contribution in [3.63, 3.8) is 0 Å². The number of nitrogens with zero attached hydrogens (tertiary/aromatic N) is 5. The minimum absolute atomic E-state index is 0.0644. The molecular formula is C29H34N6O3. The van der Waals surface area contributed by atoms with Gasteiger partial charge in [0.15, 0.2) is 17.3 Å². The van der Waals surface area contributed by atoms with Crippen molar-refractivity contribution in [1.29, 1.82) is 0 Å². The van der Waals surface area contributed by atoms with Gasteiger partial charge in [-0.1, -0.05) is 44.4 Å². The average Bonchev–Trinajstić information content (AvgIpc) is 3.60. The number of pyridine rings is 1. The Labute approximate surface area is 221 Å². The molecule has 1 aliphatic carbocycles. The minimum atomic E-state index is -0.0690. The van der Waals surface area contributed by atoms with Gasteiger partial charge in [-0.2, -0.15) is 0 Å². The molecule has 4 aromatic rings. The summed E-state index contributed by atoms with van der Waals surface area (Å²) in [6, 6.07) is 14.5. The standard InChI is InChI=1S/C29H34N6O3/c1-3-25(28-31-32-33-35(28)23-7-5-4-6-8-23)34(16-20-10-12-26-27(14-20)38-18-37-26)17-22-15-21-11-9-19(2)13-24(21)30-29(22)36/h9-15,23,25H,3-8,16-18H2,1-2H3,(H,30,36)/t25-/m0/s1. The first-order valence-electron chi connectivity index (χ1n) is 13.6. The number of rotatable bonds is 8. The molecule has 38 heavy (non-hydrogen) atoms. The van der Waals surface area contributed by atoms with Crippen molar-refractivity contribution in [1.82, 2.24) is 30.1 Å². The molecule has 1 saturated carbocycles. The van der Waals surface area contributed by atoms with Gasteiger partial charge in [0, 0.05) is 24.2 Å². The highest BCUT2D eigenvalue weighted by Gasteiger charge is 2.29. The molecular weight excluding hydrogens is 480 g/mol. The number of benzene rings is 2. The Balaban J connectivity index is 1.37. The lowest BCUT2D eigenvalue weighted by Gasteiger charge is -2.32. The van der Waals surface area contributed by atoms with Crippen molar-refractivity contribution >= 4 is 10.9 Å². The number of aryl methyl sites for hydroxylation is 1. The fourth-order valence-electron chi connectivity index (χ4n) is 5.86. The Kier molecular flexibility index (Phi) is 6.84. The van der Waals surface area contributed by atoms with Crippen LogP contribution in [-0.4, -0.2) is 36.9 Å². The number of aromatic nitrogens is 5. The average molecular weight is 515 g/mol. The smallest absolute Gasteiger partial charge is 0.252 e. The van der Waals surface area contributed by atoms with Crippen LogP contribution in [0.2, 0.25) is 0 Å². The number of aromatic amines is 1. The summed E-state index contributed by atoms with van der Waals surface area (Å²) in [5, 5.41) is 14.1. The second-order valence-electron chi connectivity index (χ2n) is 10.5. The van der Waals surface area contributed by atoms with Crippen LogP contribution in [0.25, 0.3) is 10.9 Å². The molecule has 2 aromatic heterocycles. The molecule has 9 nitrogen and oxygen atoms in total. The van der Waals surface area contributed by atoms with E-state index in [1.807, 2.05) is 35.9 Å². The maximum absolute atomic E-state index is 13.2. The first kappa shape index (κ1) is 24.6. The summed E-state index contributed by atoms with van der Waals surface area (Å²) in [6.45, 7) is 5.50. The summed E-state index contributed by atoms with van der Waals surface area (Å²) in [4.78, 5) is 18.6. The quantitative estimate of drug-likeness (QED) is 0.345. The van der Waals surface area contributed by atoms with Gasteiger partial charge in [-0.05, 0) is 77.4 Å². The monoisotopic (exact) mass is 514 g/mol. The summed E-state index contributed by atoms with van der Waals surface area (Å²) < 4.78 is 13.2. The first-order valence-corrected chi connectivity index (χ1v) is 13.6. The molecule has 6 rings (SSSR count). The fourth-order valence-corrected chi connectivity index (χ4v) is 5.86. The second kappa shape index (κ2) is 10.6. The van der Waals surface area contributed by atoms with Gasteiger partial charge in [0.05, 0.1) is 12.1 Å². The maximum atomic E-state index is 13.2. The first-order chi connectivity index (χ1) is 18.6. The van der Waals surface area contributed by atoms with Crippen LogP contribution in [0.5, 0.6) is 11.5 Å². The molecule has 2 aromatic carbocycles. The Morgan fingerprint density at radius 3 is 2.74 bits per heavy atom. The summed E-state index contributed by atoms with van der Waals surface area (Å²) in [5.74, 6) is 2.38. The van der Waals surface area contributed by atoms with E-state index in [1.54, 1.807) is 0 Å². The summed E-state index contributed by atoms with van der Waals surface area (Å²) in [5.41, 5.74) is 3.70. The predicted octanol–water partition coefficient (Wildman–Crippen LogP) is 5.21. The van der Waals surface area contributed by atoms with Gasteiger partial charge in [0.2, 0.25) is 6.79 Å². The van der Waals surface area contributed by atoms with E-state index in [0.29, 0.717) is 19.1 Å². The zero-order valence-electron chi connectivity index (χ0n) is 22.0. The number of hydrogen-bond acceptors (Lipinski definition) is 7. The molecule has 0 spiro atoms. The van der Waals surface area contributed by atoms with Gasteiger partial charge in [-0.3, -0.25) is 9.69 Å². The van der Waals surface area contributed by atoms with E-state index in [2.05, 4.69) is 50.5 Å². The molecule has 0 radical (unpaired) electrons. The number of nitrogens with one attached hydrogen (secondary N) is 1. The summed E-state index contributed by atoms with van der Waals surface area (Å²) in [7, 11) is 0. The zero-order chi connectivity index (χ0) is 26.1. The van der Waals surface area contributed by atoms with Crippen molar-refractivity contribution in [3.8, 4) is 11.5 Å². The van der Waals surface area contributed by atoms with E-state index in [0.717, 1.165) is 64.2 Å². The number of H-pyrrole nitrogens is 1. The van der Waals surface area contributed by atoms with Gasteiger partial charge in [-0.25, -0.2) is 4.68 Å². The van der Waals surface area contributed by atoms with Crippen LogP contribution in [0.1, 0.15) is 80.0 Å². The third-order valence-corrected chi connectivity index (χ3v) is 7.84. The Bertz CT molecular complexity index is 1490. The molecule has 1 aliphatic heterocycles. The van der Waals surface area contributed by atoms with E-state index in [9.17, 15) is 4.79 Å². The highest BCUT2D eigenvalue weighted by atomic mass is 16.7. The lowest BCUT2D eigenvalue weighted by molar-refractivity contribution is 0.155. The molecule has 0 amide bonds. The molecule has 3 heterocycles. The Morgan fingerprint density at radius 2 is 1.89 bits per heavy atom. The highest BCUT2D eigenvalue weighted by Crippen LogP contribution is 2.35. The van der Waals surface area contributed by atoms with Crippen LogP contribution in [0.3, 0.4) is 0 Å². The summed E-state index contributed by atoms with van der Waals surface area (Å²) >= 11 is 0. The molecule has 1 N–H and O–H groups in total. The van der Waals surface area contributed by atoms with Crippen molar-refractivity contribution in [2.75, 3.05) is 6.79 Å². The zero-order valence-corrected chi connectivity index (χ0v) is 22.0. The van der Waals surface area contributed by atoms with Gasteiger partial charge in [0.1, 0.15) is 0 Å². The van der Waals surface area contributed by atoms with Crippen LogP contribution in [0, 0.1) is 6.92 Å². The topological polar surface area (TPSA) is 98.2 Å². The van der Waals surface area contributed by atoms with E-state index in [-0.39, 0.29) is 18.4 Å². The number of fused-ring (bicyclic) bond motifs is 2. The maximum Gasteiger partial charge on any atom is 0.252 e. The van der Waals surface area contributed by atoms with Crippen molar-refractivity contribution < 1.29 is 9.47 Å². The largest absolute Gasteiger partial charge is 0.454 e. The molecule has 198 valence electrons. The number of hydrogen-bond donors (Lipinski definition) is 1. The van der Waals surface area contributed by atoms with Gasteiger partial charge >= 0.3 is 0 Å². The van der Waals surface area contributed by atoms with Crippen molar-refractivity contribution in [2.24, 2.45) is 0 Å².